The minimum absolute atomic E-state index is 0.173. The van der Waals surface area contributed by atoms with E-state index in [2.05, 4.69) is 20.7 Å². The maximum atomic E-state index is 12.1. The molecule has 1 heterocycles. The number of thioether (sulfide) groups is 2. The lowest BCUT2D eigenvalue weighted by molar-refractivity contribution is -0.131. The van der Waals surface area contributed by atoms with E-state index >= 15 is 0 Å². The molecule has 0 fully saturated rings. The van der Waals surface area contributed by atoms with Crippen LogP contribution < -0.4 is 10.2 Å². The maximum Gasteiger partial charge on any atom is 0.308 e. The zero-order valence-electron chi connectivity index (χ0n) is 17.2. The Kier molecular flexibility index (Phi) is 9.10. The first-order valence-electron chi connectivity index (χ1n) is 9.35. The van der Waals surface area contributed by atoms with Crippen LogP contribution in [0.4, 0.5) is 0 Å². The molecule has 0 aliphatic heterocycles. The summed E-state index contributed by atoms with van der Waals surface area (Å²) in [7, 11) is 0. The van der Waals surface area contributed by atoms with Crippen LogP contribution in [-0.2, 0) is 15.3 Å². The molecule has 3 aromatic rings. The summed E-state index contributed by atoms with van der Waals surface area (Å²) in [6.07, 6.45) is 0. The third-order valence-electron chi connectivity index (χ3n) is 3.91. The van der Waals surface area contributed by atoms with E-state index in [1.54, 1.807) is 43.0 Å². The van der Waals surface area contributed by atoms with Gasteiger partial charge >= 0.3 is 5.97 Å². The molecule has 0 spiro atoms. The lowest BCUT2D eigenvalue weighted by Gasteiger charge is -2.04. The van der Waals surface area contributed by atoms with Crippen LogP contribution in [0.25, 0.3) is 0 Å². The van der Waals surface area contributed by atoms with Crippen LogP contribution in [0.1, 0.15) is 25.0 Å². The number of halogens is 1. The zero-order chi connectivity index (χ0) is 22.9. The van der Waals surface area contributed by atoms with Gasteiger partial charge in [-0.25, -0.2) is 5.43 Å². The molecule has 1 aromatic heterocycles. The summed E-state index contributed by atoms with van der Waals surface area (Å²) in [6.45, 7) is 3.12. The average molecular weight is 507 g/mol. The Hall–Kier alpha value is -2.40. The van der Waals surface area contributed by atoms with E-state index in [9.17, 15) is 9.59 Å². The number of rotatable bonds is 9. The van der Waals surface area contributed by atoms with E-state index in [0.29, 0.717) is 21.6 Å². The van der Waals surface area contributed by atoms with Crippen molar-refractivity contribution in [1.82, 2.24) is 15.6 Å². The minimum Gasteiger partial charge on any atom is -0.427 e. The van der Waals surface area contributed by atoms with Gasteiger partial charge in [0.15, 0.2) is 8.68 Å². The highest BCUT2D eigenvalue weighted by Crippen LogP contribution is 2.32. The molecule has 3 rings (SSSR count). The van der Waals surface area contributed by atoms with Crippen molar-refractivity contribution in [2.45, 2.75) is 28.3 Å². The summed E-state index contributed by atoms with van der Waals surface area (Å²) in [5.74, 6) is 0.707. The average Bonchev–Trinajstić information content (AvgIpc) is 3.23. The number of esters is 1. The molecular formula is C21H19ClN4O3S3. The van der Waals surface area contributed by atoms with Crippen LogP contribution in [0.5, 0.6) is 5.75 Å². The lowest BCUT2D eigenvalue weighted by atomic mass is 10.1. The summed E-state index contributed by atoms with van der Waals surface area (Å²) < 4.78 is 6.53. The second kappa shape index (κ2) is 12.0. The highest BCUT2D eigenvalue weighted by Gasteiger charge is 2.10. The van der Waals surface area contributed by atoms with Gasteiger partial charge in [-0.1, -0.05) is 64.7 Å². The first kappa shape index (κ1) is 24.2. The molecule has 0 bridgehead atoms. The van der Waals surface area contributed by atoms with Gasteiger partial charge in [0.05, 0.1) is 11.5 Å². The van der Waals surface area contributed by atoms with Gasteiger partial charge in [0.25, 0.3) is 5.91 Å². The predicted molar refractivity (Wildman–Crippen MR) is 130 cm³/mol. The number of aromatic nitrogens is 2. The minimum atomic E-state index is -0.380. The van der Waals surface area contributed by atoms with E-state index in [1.807, 2.05) is 24.3 Å². The van der Waals surface area contributed by atoms with Gasteiger partial charge in [0, 0.05) is 17.7 Å². The summed E-state index contributed by atoms with van der Waals surface area (Å²) in [5.41, 5.74) is 5.01. The van der Waals surface area contributed by atoms with Crippen molar-refractivity contribution in [3.05, 3.63) is 64.7 Å². The van der Waals surface area contributed by atoms with Gasteiger partial charge in [0.2, 0.25) is 0 Å². The van der Waals surface area contributed by atoms with Gasteiger partial charge in [-0.3, -0.25) is 9.59 Å². The second-order valence-electron chi connectivity index (χ2n) is 6.35. The zero-order valence-corrected chi connectivity index (χ0v) is 20.4. The quantitative estimate of drug-likeness (QED) is 0.143. The molecule has 7 nitrogen and oxygen atoms in total. The number of nitrogens with one attached hydrogen (secondary N) is 1. The van der Waals surface area contributed by atoms with E-state index in [1.165, 1.54) is 30.0 Å². The summed E-state index contributed by atoms with van der Waals surface area (Å²) in [6, 6.07) is 14.6. The first-order chi connectivity index (χ1) is 15.4. The van der Waals surface area contributed by atoms with Crippen LogP contribution in [0.15, 0.2) is 62.3 Å². The van der Waals surface area contributed by atoms with Crippen LogP contribution in [-0.4, -0.2) is 33.5 Å². The van der Waals surface area contributed by atoms with E-state index in [4.69, 9.17) is 16.3 Å². The molecule has 0 saturated carbocycles. The summed E-state index contributed by atoms with van der Waals surface area (Å²) in [4.78, 5) is 23.1. The van der Waals surface area contributed by atoms with Crippen molar-refractivity contribution in [2.24, 2.45) is 5.10 Å². The molecule has 0 aliphatic rings. The smallest absolute Gasteiger partial charge is 0.308 e. The number of benzene rings is 2. The van der Waals surface area contributed by atoms with Crippen LogP contribution in [0, 0.1) is 0 Å². The van der Waals surface area contributed by atoms with E-state index in [-0.39, 0.29) is 17.6 Å². The van der Waals surface area contributed by atoms with Gasteiger partial charge in [-0.05, 0) is 48.4 Å². The van der Waals surface area contributed by atoms with Crippen LogP contribution in [0.3, 0.4) is 0 Å². The number of hydrogen-bond acceptors (Lipinski definition) is 9. The lowest BCUT2D eigenvalue weighted by Crippen LogP contribution is -2.21. The number of hydrazone groups is 1. The van der Waals surface area contributed by atoms with Crippen molar-refractivity contribution in [3.8, 4) is 5.75 Å². The molecule has 11 heteroatoms. The second-order valence-corrected chi connectivity index (χ2v) is 10.2. The summed E-state index contributed by atoms with van der Waals surface area (Å²) >= 11 is 10.5. The molecule has 0 atom stereocenters. The maximum absolute atomic E-state index is 12.1. The van der Waals surface area contributed by atoms with Crippen molar-refractivity contribution in [3.63, 3.8) is 0 Å². The monoisotopic (exact) mass is 506 g/mol. The third kappa shape index (κ3) is 7.63. The highest BCUT2D eigenvalue weighted by atomic mass is 35.5. The molecule has 32 heavy (non-hydrogen) atoms. The Morgan fingerprint density at radius 3 is 2.44 bits per heavy atom. The number of carbonyl (C=O) groups is 2. The first-order valence-corrected chi connectivity index (χ1v) is 12.5. The van der Waals surface area contributed by atoms with Gasteiger partial charge in [-0.2, -0.15) is 5.10 Å². The van der Waals surface area contributed by atoms with Crippen molar-refractivity contribution >= 4 is 64.0 Å². The third-order valence-corrected chi connectivity index (χ3v) is 7.51. The summed E-state index contributed by atoms with van der Waals surface area (Å²) in [5, 5.41) is 13.1. The number of ether oxygens (including phenoxy) is 1. The Balaban J connectivity index is 1.44. The Morgan fingerprint density at radius 2 is 1.75 bits per heavy atom. The fourth-order valence-electron chi connectivity index (χ4n) is 2.37. The molecule has 2 aromatic carbocycles. The molecule has 0 radical (unpaired) electrons. The number of amides is 1. The molecule has 1 amide bonds. The molecule has 1 N–H and O–H groups in total. The topological polar surface area (TPSA) is 93.5 Å². The largest absolute Gasteiger partial charge is 0.427 e. The number of hydrogen-bond donors (Lipinski definition) is 1. The molecule has 0 saturated heterocycles. The van der Waals surface area contributed by atoms with Crippen molar-refractivity contribution in [2.75, 3.05) is 5.75 Å². The Morgan fingerprint density at radius 1 is 1.06 bits per heavy atom. The van der Waals surface area contributed by atoms with E-state index in [0.717, 1.165) is 20.5 Å². The highest BCUT2D eigenvalue weighted by molar-refractivity contribution is 8.03. The standard InChI is InChI=1S/C21H19ClN4O3S3/c1-13(15-7-9-17(10-8-15)29-14(2)27)23-24-19(28)12-31-21-26-25-20(32-21)30-11-16-5-3-4-6-18(16)22/h3-10H,11-12H2,1-2H3,(H,24,28). The molecule has 0 unspecified atom stereocenters. The number of carbonyl (C=O) groups excluding carboxylic acids is 2. The predicted octanol–water partition coefficient (Wildman–Crippen LogP) is 5.04. The van der Waals surface area contributed by atoms with Crippen LogP contribution >= 0.6 is 46.5 Å². The SMILES string of the molecule is CC(=O)Oc1ccc(C(C)=NNC(=O)CSc2nnc(SCc3ccccc3Cl)s2)cc1. The van der Waals surface area contributed by atoms with Crippen molar-refractivity contribution < 1.29 is 14.3 Å². The Bertz CT molecular complexity index is 1120. The normalized spacial score (nSPS) is 11.3. The molecule has 166 valence electrons. The fraction of sp³-hybridized carbons (Fsp3) is 0.190. The van der Waals surface area contributed by atoms with Crippen LogP contribution in [0.2, 0.25) is 5.02 Å². The van der Waals surface area contributed by atoms with E-state index < -0.39 is 0 Å². The van der Waals surface area contributed by atoms with Crippen molar-refractivity contribution in [1.29, 1.82) is 0 Å². The van der Waals surface area contributed by atoms with Gasteiger partial charge in [-0.15, -0.1) is 10.2 Å². The Labute approximate surface area is 203 Å². The van der Waals surface area contributed by atoms with Gasteiger partial charge in [0.1, 0.15) is 5.75 Å². The molecular weight excluding hydrogens is 488 g/mol. The fourth-order valence-corrected chi connectivity index (χ4v) is 5.47. The molecule has 0 aliphatic carbocycles. The number of nitrogens with zero attached hydrogens (tertiary/aromatic N) is 3. The van der Waals surface area contributed by atoms with Gasteiger partial charge < -0.3 is 4.74 Å².